The highest BCUT2D eigenvalue weighted by molar-refractivity contribution is 7.45. The number of aliphatic hydroxyl groups is 5. The maximum absolute atomic E-state index is 12.8. The molecule has 2 aromatic rings. The van der Waals surface area contributed by atoms with Crippen molar-refractivity contribution in [3.05, 3.63) is 22.2 Å². The summed E-state index contributed by atoms with van der Waals surface area (Å²) in [4.78, 5) is 61.0. The van der Waals surface area contributed by atoms with Crippen molar-refractivity contribution in [2.24, 2.45) is 0 Å². The number of ether oxygens (including phenoxy) is 2. The van der Waals surface area contributed by atoms with Gasteiger partial charge in [0.1, 0.15) is 43.2 Å². The van der Waals surface area contributed by atoms with E-state index in [0.717, 1.165) is 38.5 Å². The molecule has 0 aliphatic heterocycles. The van der Waals surface area contributed by atoms with Gasteiger partial charge in [-0.3, -0.25) is 29.1 Å². The average molecular weight is 989 g/mol. The van der Waals surface area contributed by atoms with E-state index in [0.29, 0.717) is 57.3 Å². The number of esters is 2. The number of nitrogens with zero attached hydrogens (tertiary/aromatic N) is 3. The van der Waals surface area contributed by atoms with E-state index in [2.05, 4.69) is 32.5 Å². The Bertz CT molecular complexity index is 1810. The number of unbranched alkanes of at least 4 members (excludes halogenated alkanes) is 18. The van der Waals surface area contributed by atoms with Crippen LogP contribution in [0.25, 0.3) is 11.0 Å². The fourth-order valence-corrected chi connectivity index (χ4v) is 8.73. The van der Waals surface area contributed by atoms with Crippen molar-refractivity contribution in [3.63, 3.8) is 0 Å². The molecule has 7 N–H and O–H groups in total. The third-order valence-electron chi connectivity index (χ3n) is 11.8. The van der Waals surface area contributed by atoms with Gasteiger partial charge in [-0.2, -0.15) is 0 Å². The monoisotopic (exact) mass is 988 g/mol. The van der Waals surface area contributed by atoms with Gasteiger partial charge in [-0.15, -0.1) is 0 Å². The molecule has 1 aliphatic rings. The summed E-state index contributed by atoms with van der Waals surface area (Å²) >= 11 is 0. The van der Waals surface area contributed by atoms with Crippen LogP contribution in [0.1, 0.15) is 161 Å². The third-order valence-corrected chi connectivity index (χ3v) is 12.8. The highest BCUT2D eigenvalue weighted by atomic mass is 31.2. The number of fused-ring (bicyclic) bond motifs is 1. The summed E-state index contributed by atoms with van der Waals surface area (Å²) in [5.41, 5.74) is 0.684. The van der Waals surface area contributed by atoms with Gasteiger partial charge < -0.3 is 59.6 Å². The van der Waals surface area contributed by atoms with Crippen molar-refractivity contribution < 1.29 is 77.4 Å². The van der Waals surface area contributed by atoms with E-state index < -0.39 is 80.6 Å². The van der Waals surface area contributed by atoms with Crippen molar-refractivity contribution in [2.45, 2.75) is 204 Å². The lowest BCUT2D eigenvalue weighted by molar-refractivity contribution is -0.383. The molecule has 0 saturated heterocycles. The van der Waals surface area contributed by atoms with Crippen LogP contribution >= 0.6 is 7.82 Å². The molecular weight excluding hydrogens is 913 g/mol. The normalized spacial score (nSPS) is 20.7. The fraction of sp³-hybridized carbons (Fsp3) is 0.800. The molecule has 1 aliphatic carbocycles. The lowest BCUT2D eigenvalue weighted by Crippen LogP contribution is -2.64. The summed E-state index contributed by atoms with van der Waals surface area (Å²) in [6, 6.07) is 2.87. The van der Waals surface area contributed by atoms with Crippen LogP contribution in [0.5, 0.6) is 0 Å². The van der Waals surface area contributed by atoms with Crippen LogP contribution in [0.2, 0.25) is 0 Å². The minimum atomic E-state index is -5.43. The number of phosphoric ester groups is 1. The minimum absolute atomic E-state index is 0.0156. The lowest BCUT2D eigenvalue weighted by Gasteiger charge is -2.43. The van der Waals surface area contributed by atoms with Crippen molar-refractivity contribution in [1.82, 2.24) is 15.6 Å². The molecule has 1 saturated carbocycles. The first-order valence-electron chi connectivity index (χ1n) is 24.4. The zero-order chi connectivity index (χ0) is 49.7. The Balaban J connectivity index is 1.32. The lowest BCUT2D eigenvalue weighted by atomic mass is 9.85. The van der Waals surface area contributed by atoms with Crippen molar-refractivity contribution in [1.29, 1.82) is 0 Å². The first-order valence-corrected chi connectivity index (χ1v) is 25.9. The Kier molecular flexibility index (Phi) is 28.2. The Morgan fingerprint density at radius 2 is 1.19 bits per heavy atom. The predicted octanol–water partition coefficient (Wildman–Crippen LogP) is 5.18. The van der Waals surface area contributed by atoms with Gasteiger partial charge in [-0.05, 0) is 48.5 Å². The molecule has 3 rings (SSSR count). The number of carbonyl (C=O) groups excluding carboxylic acids is 3. The van der Waals surface area contributed by atoms with E-state index >= 15 is 0 Å². The maximum Gasteiger partial charge on any atom is 0.306 e. The van der Waals surface area contributed by atoms with E-state index in [1.165, 1.54) is 70.3 Å². The molecule has 1 amide bonds. The number of amides is 1. The number of nitro benzene ring substituents is 1. The SMILES string of the molecule is CCCCCCCCCCCCCCCCCC(=O)O[C@@H](COC(=O)CCCCCNC(=O)CCCCCNc1ccc([N+](=O)[O-])c2nonc12)COP(=O)([O-])OC1[C@H](O)[C@H](O)C(O)[C@H](O)[C@H]1O. The van der Waals surface area contributed by atoms with Crippen LogP contribution < -0.4 is 15.5 Å². The minimum Gasteiger partial charge on any atom is -0.756 e. The number of hydrogen-bond donors (Lipinski definition) is 7. The van der Waals surface area contributed by atoms with E-state index in [9.17, 15) is 59.5 Å². The van der Waals surface area contributed by atoms with Gasteiger partial charge in [0.05, 0.1) is 17.2 Å². The zero-order valence-corrected chi connectivity index (χ0v) is 40.3. The molecule has 388 valence electrons. The van der Waals surface area contributed by atoms with Crippen LogP contribution in [-0.4, -0.2) is 128 Å². The molecule has 1 aromatic heterocycles. The number of nitro groups is 1. The van der Waals surface area contributed by atoms with E-state index in [1.54, 1.807) is 6.07 Å². The highest BCUT2D eigenvalue weighted by Crippen LogP contribution is 2.43. The average Bonchev–Trinajstić information content (AvgIpc) is 3.81. The fourth-order valence-electron chi connectivity index (χ4n) is 7.78. The zero-order valence-electron chi connectivity index (χ0n) is 39.4. The molecule has 0 radical (unpaired) electrons. The third kappa shape index (κ3) is 22.3. The Morgan fingerprint density at radius 3 is 1.78 bits per heavy atom. The Hall–Kier alpha value is -3.86. The standard InChI is InChI=1S/C45H76N5O17P/c1-2-3-4-5-6-7-8-9-10-11-12-13-14-15-19-25-37(53)65-32(31-64-68(61,62)66-45-43(57)41(55)40(54)42(56)44(45)58)30-63-36(52)24-20-17-22-29-47-35(51)23-18-16-21-28-46-33-26-27-34(50(59)60)39-38(33)48-67-49-39/h26-27,32,40-46,54-58H,2-25,28-31H2,1H3,(H,47,51)(H,61,62)/p-1/t32-,40?,41-,42+,43+,44+,45?/m0/s1. The second-order valence-electron chi connectivity index (χ2n) is 17.5. The van der Waals surface area contributed by atoms with Crippen LogP contribution in [-0.2, 0) is 37.5 Å². The number of nitrogens with one attached hydrogen (secondary N) is 2. The first kappa shape index (κ1) is 58.5. The molecule has 1 heterocycles. The summed E-state index contributed by atoms with van der Waals surface area (Å²) in [5.74, 6) is -1.44. The number of aromatic nitrogens is 2. The first-order chi connectivity index (χ1) is 32.6. The topological polar surface area (TPSA) is 336 Å². The number of carbonyl (C=O) groups is 3. The van der Waals surface area contributed by atoms with Gasteiger partial charge in [0, 0.05) is 38.4 Å². The van der Waals surface area contributed by atoms with Gasteiger partial charge >= 0.3 is 17.6 Å². The van der Waals surface area contributed by atoms with Crippen LogP contribution in [0, 0.1) is 10.1 Å². The van der Waals surface area contributed by atoms with Crippen LogP contribution in [0.15, 0.2) is 16.8 Å². The molecule has 1 fully saturated rings. The molecule has 1 aromatic carbocycles. The molecule has 0 spiro atoms. The van der Waals surface area contributed by atoms with Gasteiger partial charge in [0.2, 0.25) is 11.4 Å². The number of non-ortho nitro benzene ring substituents is 1. The smallest absolute Gasteiger partial charge is 0.306 e. The Labute approximate surface area is 397 Å². The number of hydrogen-bond acceptors (Lipinski definition) is 20. The Morgan fingerprint density at radius 1 is 0.691 bits per heavy atom. The number of aliphatic hydroxyl groups excluding tert-OH is 5. The summed E-state index contributed by atoms with van der Waals surface area (Å²) < 4.78 is 37.7. The van der Waals surface area contributed by atoms with Crippen LogP contribution in [0.3, 0.4) is 0 Å². The molecule has 23 heteroatoms. The molecular formula is C45H75N5O17P-. The van der Waals surface area contributed by atoms with E-state index in [1.807, 2.05) is 0 Å². The van der Waals surface area contributed by atoms with Gasteiger partial charge in [-0.1, -0.05) is 110 Å². The summed E-state index contributed by atoms with van der Waals surface area (Å²) in [6.07, 6.45) is 7.46. The van der Waals surface area contributed by atoms with Crippen molar-refractivity contribution >= 4 is 48.1 Å². The second kappa shape index (κ2) is 32.9. The van der Waals surface area contributed by atoms with Crippen molar-refractivity contribution in [2.75, 3.05) is 31.6 Å². The quantitative estimate of drug-likeness (QED) is 0.0150. The van der Waals surface area contributed by atoms with Gasteiger partial charge in [0.25, 0.3) is 7.82 Å². The van der Waals surface area contributed by atoms with Crippen LogP contribution in [0.4, 0.5) is 11.4 Å². The number of anilines is 1. The predicted molar refractivity (Wildman–Crippen MR) is 246 cm³/mol. The molecule has 22 nitrogen and oxygen atoms in total. The van der Waals surface area contributed by atoms with E-state index in [-0.39, 0.29) is 35.5 Å². The molecule has 8 atom stereocenters. The highest BCUT2D eigenvalue weighted by Gasteiger charge is 2.50. The maximum atomic E-state index is 12.8. The molecule has 68 heavy (non-hydrogen) atoms. The number of rotatable bonds is 38. The summed E-state index contributed by atoms with van der Waals surface area (Å²) in [6.45, 7) is 1.74. The van der Waals surface area contributed by atoms with E-state index in [4.69, 9.17) is 18.5 Å². The van der Waals surface area contributed by atoms with Gasteiger partial charge in [-0.25, -0.2) is 4.63 Å². The second-order valence-corrected chi connectivity index (χ2v) is 18.9. The van der Waals surface area contributed by atoms with Crippen molar-refractivity contribution in [3.8, 4) is 0 Å². The summed E-state index contributed by atoms with van der Waals surface area (Å²) in [5, 5.41) is 74.6. The summed E-state index contributed by atoms with van der Waals surface area (Å²) in [7, 11) is -5.43. The van der Waals surface area contributed by atoms with Gasteiger partial charge in [0.15, 0.2) is 11.6 Å². The number of phosphoric acid groups is 1. The number of benzene rings is 1. The molecule has 3 unspecified atom stereocenters. The molecule has 0 bridgehead atoms. The largest absolute Gasteiger partial charge is 0.756 e.